The van der Waals surface area contributed by atoms with E-state index in [1.807, 2.05) is 44.2 Å². The van der Waals surface area contributed by atoms with Crippen molar-refractivity contribution < 1.29 is 4.79 Å². The molecule has 1 aromatic heterocycles. The number of pyridine rings is 1. The number of hydrogen-bond donors (Lipinski definition) is 2. The quantitative estimate of drug-likeness (QED) is 0.878. The molecule has 1 aromatic carbocycles. The molecule has 1 heterocycles. The zero-order valence-corrected chi connectivity index (χ0v) is 12.0. The van der Waals surface area contributed by atoms with E-state index in [4.69, 9.17) is 5.73 Å². The summed E-state index contributed by atoms with van der Waals surface area (Å²) in [5, 5.41) is 4.96. The van der Waals surface area contributed by atoms with Gasteiger partial charge in [0.2, 0.25) is 0 Å². The van der Waals surface area contributed by atoms with Gasteiger partial charge in [-0.25, -0.2) is 0 Å². The molecule has 1 unspecified atom stereocenters. The molecule has 0 fully saturated rings. The van der Waals surface area contributed by atoms with Crippen molar-refractivity contribution in [1.82, 2.24) is 10.3 Å². The van der Waals surface area contributed by atoms with Crippen LogP contribution in [0.1, 0.15) is 37.2 Å². The number of carbonyl (C=O) groups excluding carboxylic acids is 1. The SMILES string of the molecule is CCC(C)(CCN)NC(=O)c1nccc2ccccc12. The van der Waals surface area contributed by atoms with Crippen molar-refractivity contribution >= 4 is 16.7 Å². The molecule has 0 aliphatic carbocycles. The fourth-order valence-electron chi connectivity index (χ4n) is 2.28. The van der Waals surface area contributed by atoms with Crippen LogP contribution < -0.4 is 11.1 Å². The number of nitrogens with zero attached hydrogens (tertiary/aromatic N) is 1. The largest absolute Gasteiger partial charge is 0.345 e. The summed E-state index contributed by atoms with van der Waals surface area (Å²) in [5.41, 5.74) is 5.81. The molecule has 2 aromatic rings. The van der Waals surface area contributed by atoms with Gasteiger partial charge in [-0.15, -0.1) is 0 Å². The van der Waals surface area contributed by atoms with Crippen molar-refractivity contribution in [3.05, 3.63) is 42.2 Å². The van der Waals surface area contributed by atoms with Gasteiger partial charge in [0.1, 0.15) is 5.69 Å². The molecule has 3 N–H and O–H groups in total. The van der Waals surface area contributed by atoms with Crippen LogP contribution in [0.4, 0.5) is 0 Å². The lowest BCUT2D eigenvalue weighted by Crippen LogP contribution is -2.47. The fraction of sp³-hybridized carbons (Fsp3) is 0.375. The van der Waals surface area contributed by atoms with Crippen LogP contribution in [0, 0.1) is 0 Å². The maximum atomic E-state index is 12.5. The van der Waals surface area contributed by atoms with Gasteiger partial charge in [0.25, 0.3) is 5.91 Å². The molecule has 0 saturated carbocycles. The Labute approximate surface area is 119 Å². The van der Waals surface area contributed by atoms with Gasteiger partial charge in [-0.05, 0) is 37.8 Å². The van der Waals surface area contributed by atoms with Gasteiger partial charge >= 0.3 is 0 Å². The van der Waals surface area contributed by atoms with Gasteiger partial charge in [-0.3, -0.25) is 9.78 Å². The van der Waals surface area contributed by atoms with E-state index in [1.165, 1.54) is 0 Å². The fourth-order valence-corrected chi connectivity index (χ4v) is 2.28. The molecule has 2 rings (SSSR count). The van der Waals surface area contributed by atoms with Crippen molar-refractivity contribution in [3.63, 3.8) is 0 Å². The minimum absolute atomic E-state index is 0.139. The lowest BCUT2D eigenvalue weighted by Gasteiger charge is -2.29. The number of nitrogens with two attached hydrogens (primary N) is 1. The highest BCUT2D eigenvalue weighted by Gasteiger charge is 2.25. The van der Waals surface area contributed by atoms with E-state index >= 15 is 0 Å². The van der Waals surface area contributed by atoms with Gasteiger partial charge < -0.3 is 11.1 Å². The van der Waals surface area contributed by atoms with Crippen molar-refractivity contribution in [1.29, 1.82) is 0 Å². The highest BCUT2D eigenvalue weighted by molar-refractivity contribution is 6.05. The molecule has 0 aliphatic rings. The average molecular weight is 271 g/mol. The summed E-state index contributed by atoms with van der Waals surface area (Å²) in [5.74, 6) is -0.139. The Morgan fingerprint density at radius 3 is 2.80 bits per heavy atom. The predicted molar refractivity (Wildman–Crippen MR) is 81.6 cm³/mol. The maximum absolute atomic E-state index is 12.5. The summed E-state index contributed by atoms with van der Waals surface area (Å²) in [6, 6.07) is 9.68. The number of benzene rings is 1. The van der Waals surface area contributed by atoms with Crippen molar-refractivity contribution in [2.24, 2.45) is 5.73 Å². The topological polar surface area (TPSA) is 68.0 Å². The summed E-state index contributed by atoms with van der Waals surface area (Å²) in [4.78, 5) is 16.7. The first kappa shape index (κ1) is 14.5. The van der Waals surface area contributed by atoms with Crippen LogP contribution >= 0.6 is 0 Å². The van der Waals surface area contributed by atoms with Gasteiger partial charge in [0, 0.05) is 17.1 Å². The summed E-state index contributed by atoms with van der Waals surface area (Å²) in [7, 11) is 0. The number of carbonyl (C=O) groups is 1. The van der Waals surface area contributed by atoms with Crippen molar-refractivity contribution in [2.45, 2.75) is 32.2 Å². The number of nitrogens with one attached hydrogen (secondary N) is 1. The van der Waals surface area contributed by atoms with Gasteiger partial charge in [-0.2, -0.15) is 0 Å². The lowest BCUT2D eigenvalue weighted by molar-refractivity contribution is 0.0896. The van der Waals surface area contributed by atoms with Crippen LogP contribution in [0.3, 0.4) is 0 Å². The number of rotatable bonds is 5. The van der Waals surface area contributed by atoms with Crippen LogP contribution in [0.25, 0.3) is 10.8 Å². The van der Waals surface area contributed by atoms with E-state index < -0.39 is 0 Å². The molecule has 0 bridgehead atoms. The minimum atomic E-state index is -0.287. The standard InChI is InChI=1S/C16H21N3O/c1-3-16(2,9-10-17)19-15(20)14-13-7-5-4-6-12(13)8-11-18-14/h4-8,11H,3,9-10,17H2,1-2H3,(H,19,20). The second-order valence-corrected chi connectivity index (χ2v) is 5.29. The zero-order chi connectivity index (χ0) is 14.6. The molecule has 106 valence electrons. The van der Waals surface area contributed by atoms with E-state index in [1.54, 1.807) is 6.20 Å². The minimum Gasteiger partial charge on any atom is -0.345 e. The molecule has 4 nitrogen and oxygen atoms in total. The first-order valence-corrected chi connectivity index (χ1v) is 6.96. The first-order chi connectivity index (χ1) is 9.59. The predicted octanol–water partition coefficient (Wildman–Crippen LogP) is 2.48. The van der Waals surface area contributed by atoms with Crippen LogP contribution in [0.15, 0.2) is 36.5 Å². The molecule has 1 atom stereocenters. The lowest BCUT2D eigenvalue weighted by atomic mass is 9.94. The number of aromatic nitrogens is 1. The summed E-state index contributed by atoms with van der Waals surface area (Å²) < 4.78 is 0. The Bertz CT molecular complexity index is 606. The molecule has 20 heavy (non-hydrogen) atoms. The summed E-state index contributed by atoms with van der Waals surface area (Å²) in [6.07, 6.45) is 3.25. The molecular formula is C16H21N3O. The van der Waals surface area contributed by atoms with Crippen LogP contribution in [-0.2, 0) is 0 Å². The first-order valence-electron chi connectivity index (χ1n) is 6.96. The van der Waals surface area contributed by atoms with Gasteiger partial charge in [-0.1, -0.05) is 31.2 Å². The van der Waals surface area contributed by atoms with Gasteiger partial charge in [0.05, 0.1) is 0 Å². The van der Waals surface area contributed by atoms with Gasteiger partial charge in [0.15, 0.2) is 0 Å². The number of amides is 1. The third kappa shape index (κ3) is 2.96. The van der Waals surface area contributed by atoms with Crippen molar-refractivity contribution in [3.8, 4) is 0 Å². The highest BCUT2D eigenvalue weighted by atomic mass is 16.2. The molecule has 0 spiro atoms. The third-order valence-corrected chi connectivity index (χ3v) is 3.78. The summed E-state index contributed by atoms with van der Waals surface area (Å²) in [6.45, 7) is 4.61. The molecule has 1 amide bonds. The second-order valence-electron chi connectivity index (χ2n) is 5.29. The zero-order valence-electron chi connectivity index (χ0n) is 12.0. The van der Waals surface area contributed by atoms with E-state index in [-0.39, 0.29) is 11.4 Å². The number of fused-ring (bicyclic) bond motifs is 1. The second kappa shape index (κ2) is 6.01. The molecule has 4 heteroatoms. The monoisotopic (exact) mass is 271 g/mol. The van der Waals surface area contributed by atoms with E-state index in [0.29, 0.717) is 12.2 Å². The highest BCUT2D eigenvalue weighted by Crippen LogP contribution is 2.19. The third-order valence-electron chi connectivity index (χ3n) is 3.78. The molecule has 0 radical (unpaired) electrons. The Morgan fingerprint density at radius 1 is 1.35 bits per heavy atom. The molecular weight excluding hydrogens is 250 g/mol. The summed E-state index contributed by atoms with van der Waals surface area (Å²) >= 11 is 0. The smallest absolute Gasteiger partial charge is 0.270 e. The van der Waals surface area contributed by atoms with E-state index in [9.17, 15) is 4.79 Å². The van der Waals surface area contributed by atoms with E-state index in [2.05, 4.69) is 10.3 Å². The van der Waals surface area contributed by atoms with Crippen molar-refractivity contribution in [2.75, 3.05) is 6.54 Å². The Hall–Kier alpha value is -1.94. The average Bonchev–Trinajstić information content (AvgIpc) is 2.46. The Kier molecular flexibility index (Phi) is 4.35. The van der Waals surface area contributed by atoms with Crippen LogP contribution in [0.5, 0.6) is 0 Å². The molecule has 0 saturated heterocycles. The molecule has 0 aliphatic heterocycles. The Morgan fingerprint density at radius 2 is 2.10 bits per heavy atom. The number of hydrogen-bond acceptors (Lipinski definition) is 3. The Balaban J connectivity index is 2.32. The normalized spacial score (nSPS) is 13.9. The maximum Gasteiger partial charge on any atom is 0.270 e. The van der Waals surface area contributed by atoms with Crippen LogP contribution in [0.2, 0.25) is 0 Å². The van der Waals surface area contributed by atoms with E-state index in [0.717, 1.165) is 23.6 Å². The van der Waals surface area contributed by atoms with Crippen LogP contribution in [-0.4, -0.2) is 23.0 Å².